The smallest absolute Gasteiger partial charge is 0.343 e. The molecule has 0 bridgehead atoms. The quantitative estimate of drug-likeness (QED) is 0.0904. The molecule has 0 spiro atoms. The number of halogens is 1. The van der Waals surface area contributed by atoms with Crippen molar-refractivity contribution in [2.75, 3.05) is 6.61 Å². The minimum absolute atomic E-state index is 0.00431. The Morgan fingerprint density at radius 2 is 1.38 bits per heavy atom. The number of benzene rings is 2. The first kappa shape index (κ1) is 25.9. The maximum atomic E-state index is 12.4. The van der Waals surface area contributed by atoms with E-state index in [1.807, 2.05) is 0 Å². The van der Waals surface area contributed by atoms with Crippen LogP contribution in [0.5, 0.6) is 11.5 Å². The molecule has 0 aromatic heterocycles. The number of esters is 1. The summed E-state index contributed by atoms with van der Waals surface area (Å²) in [6.45, 7) is 5.00. The molecule has 0 amide bonds. The van der Waals surface area contributed by atoms with Gasteiger partial charge in [-0.2, -0.15) is 0 Å². The predicted octanol–water partition coefficient (Wildman–Crippen LogP) is 7.63. The maximum absolute atomic E-state index is 12.4. The molecule has 1 atom stereocenters. The van der Waals surface area contributed by atoms with E-state index in [4.69, 9.17) is 21.1 Å². The molecule has 4 nitrogen and oxygen atoms in total. The first-order valence-corrected chi connectivity index (χ1v) is 12.2. The SMILES string of the molecule is CCCCCCOc1ccc(C(=O)Oc2ccc(C(=O)CC(Cl)CCCCC)cc2)cc1. The third kappa shape index (κ3) is 9.44. The van der Waals surface area contributed by atoms with Crippen LogP contribution in [0.3, 0.4) is 0 Å². The van der Waals surface area contributed by atoms with Crippen molar-refractivity contribution in [1.29, 1.82) is 0 Å². The number of rotatable bonds is 15. The molecule has 1 unspecified atom stereocenters. The Bertz CT molecular complexity index is 815. The Morgan fingerprint density at radius 3 is 2.03 bits per heavy atom. The van der Waals surface area contributed by atoms with Gasteiger partial charge in [-0.05, 0) is 61.4 Å². The van der Waals surface area contributed by atoms with E-state index in [9.17, 15) is 9.59 Å². The Morgan fingerprint density at radius 1 is 0.781 bits per heavy atom. The number of Topliss-reactive ketones (excluding diaryl/α,β-unsaturated/α-hetero) is 1. The van der Waals surface area contributed by atoms with Crippen molar-refractivity contribution >= 4 is 23.4 Å². The monoisotopic (exact) mass is 458 g/mol. The fourth-order valence-corrected chi connectivity index (χ4v) is 3.61. The van der Waals surface area contributed by atoms with E-state index in [1.165, 1.54) is 12.8 Å². The van der Waals surface area contributed by atoms with Gasteiger partial charge in [-0.25, -0.2) is 4.79 Å². The van der Waals surface area contributed by atoms with Crippen LogP contribution in [0.4, 0.5) is 0 Å². The number of hydrogen-bond donors (Lipinski definition) is 0. The minimum atomic E-state index is -0.449. The highest BCUT2D eigenvalue weighted by Gasteiger charge is 2.14. The van der Waals surface area contributed by atoms with E-state index in [-0.39, 0.29) is 11.2 Å². The lowest BCUT2D eigenvalue weighted by molar-refractivity contribution is 0.0734. The number of unbranched alkanes of at least 4 members (excludes halogenated alkanes) is 5. The lowest BCUT2D eigenvalue weighted by atomic mass is 10.0. The van der Waals surface area contributed by atoms with E-state index < -0.39 is 5.97 Å². The summed E-state index contributed by atoms with van der Waals surface area (Å²) in [6, 6.07) is 13.6. The van der Waals surface area contributed by atoms with Crippen LogP contribution >= 0.6 is 11.6 Å². The van der Waals surface area contributed by atoms with Gasteiger partial charge in [0.05, 0.1) is 12.2 Å². The molecular formula is C27H35ClO4. The maximum Gasteiger partial charge on any atom is 0.343 e. The normalized spacial score (nSPS) is 11.7. The molecule has 5 heteroatoms. The van der Waals surface area contributed by atoms with Crippen LogP contribution in [0.1, 0.15) is 92.4 Å². The largest absolute Gasteiger partial charge is 0.494 e. The molecule has 2 aromatic carbocycles. The van der Waals surface area contributed by atoms with Gasteiger partial charge >= 0.3 is 5.97 Å². The van der Waals surface area contributed by atoms with Crippen molar-refractivity contribution in [1.82, 2.24) is 0 Å². The second-order valence-corrected chi connectivity index (χ2v) is 8.68. The van der Waals surface area contributed by atoms with E-state index in [1.54, 1.807) is 48.5 Å². The van der Waals surface area contributed by atoms with Crippen molar-refractivity contribution in [2.24, 2.45) is 0 Å². The summed E-state index contributed by atoms with van der Waals surface area (Å²) in [6.07, 6.45) is 9.08. The number of ether oxygens (including phenoxy) is 2. The molecule has 174 valence electrons. The summed E-state index contributed by atoms with van der Waals surface area (Å²) in [5, 5.41) is -0.144. The van der Waals surface area contributed by atoms with Crippen LogP contribution in [0.15, 0.2) is 48.5 Å². The molecule has 2 aromatic rings. The van der Waals surface area contributed by atoms with Gasteiger partial charge in [-0.15, -0.1) is 11.6 Å². The van der Waals surface area contributed by atoms with Crippen molar-refractivity contribution in [3.05, 3.63) is 59.7 Å². The first-order valence-electron chi connectivity index (χ1n) is 11.8. The Balaban J connectivity index is 1.81. The molecule has 2 rings (SSSR count). The minimum Gasteiger partial charge on any atom is -0.494 e. The molecule has 32 heavy (non-hydrogen) atoms. The molecule has 0 saturated carbocycles. The molecular weight excluding hydrogens is 424 g/mol. The zero-order chi connectivity index (χ0) is 23.2. The van der Waals surface area contributed by atoms with E-state index in [0.29, 0.717) is 29.9 Å². The van der Waals surface area contributed by atoms with E-state index in [2.05, 4.69) is 13.8 Å². The number of ketones is 1. The summed E-state index contributed by atoms with van der Waals surface area (Å²) in [5.41, 5.74) is 1.02. The predicted molar refractivity (Wildman–Crippen MR) is 130 cm³/mol. The topological polar surface area (TPSA) is 52.6 Å². The number of hydrogen-bond acceptors (Lipinski definition) is 4. The van der Waals surface area contributed by atoms with Gasteiger partial charge < -0.3 is 9.47 Å². The van der Waals surface area contributed by atoms with Gasteiger partial charge in [0.15, 0.2) is 5.78 Å². The lowest BCUT2D eigenvalue weighted by Crippen LogP contribution is -2.10. The Kier molecular flexibility index (Phi) is 11.9. The first-order chi connectivity index (χ1) is 15.5. The molecule has 0 aliphatic rings. The van der Waals surface area contributed by atoms with Crippen LogP contribution < -0.4 is 9.47 Å². The van der Waals surface area contributed by atoms with Gasteiger partial charge in [0, 0.05) is 17.4 Å². The number of alkyl halides is 1. The summed E-state index contributed by atoms with van der Waals surface area (Å²) in [7, 11) is 0. The fourth-order valence-electron chi connectivity index (χ4n) is 3.32. The average Bonchev–Trinajstić information content (AvgIpc) is 2.80. The summed E-state index contributed by atoms with van der Waals surface area (Å²) >= 11 is 6.29. The van der Waals surface area contributed by atoms with Crippen LogP contribution in [0, 0.1) is 0 Å². The molecule has 0 fully saturated rings. The molecule has 0 aliphatic heterocycles. The summed E-state index contributed by atoms with van der Waals surface area (Å²) in [4.78, 5) is 24.8. The van der Waals surface area contributed by atoms with Crippen molar-refractivity contribution in [3.63, 3.8) is 0 Å². The van der Waals surface area contributed by atoms with E-state index >= 15 is 0 Å². The van der Waals surface area contributed by atoms with Crippen LogP contribution in [-0.2, 0) is 0 Å². The van der Waals surface area contributed by atoms with Crippen LogP contribution in [0.25, 0.3) is 0 Å². The molecule has 0 radical (unpaired) electrons. The third-order valence-corrected chi connectivity index (χ3v) is 5.64. The highest BCUT2D eigenvalue weighted by molar-refractivity contribution is 6.22. The molecule has 0 heterocycles. The molecule has 0 aliphatic carbocycles. The zero-order valence-corrected chi connectivity index (χ0v) is 20.0. The van der Waals surface area contributed by atoms with Gasteiger partial charge in [0.25, 0.3) is 0 Å². The summed E-state index contributed by atoms with van der Waals surface area (Å²) in [5.74, 6) is 0.696. The Hall–Kier alpha value is -2.33. The Labute approximate surface area is 197 Å². The van der Waals surface area contributed by atoms with Crippen molar-refractivity contribution in [2.45, 2.75) is 77.0 Å². The second-order valence-electron chi connectivity index (χ2n) is 8.07. The third-order valence-electron chi connectivity index (χ3n) is 5.27. The zero-order valence-electron chi connectivity index (χ0n) is 19.3. The average molecular weight is 459 g/mol. The number of carbonyl (C=O) groups excluding carboxylic acids is 2. The highest BCUT2D eigenvalue weighted by atomic mass is 35.5. The van der Waals surface area contributed by atoms with Crippen molar-refractivity contribution in [3.8, 4) is 11.5 Å². The van der Waals surface area contributed by atoms with E-state index in [0.717, 1.165) is 44.3 Å². The van der Waals surface area contributed by atoms with Crippen LogP contribution in [-0.4, -0.2) is 23.7 Å². The molecule has 0 N–H and O–H groups in total. The fraction of sp³-hybridized carbons (Fsp3) is 0.481. The van der Waals surface area contributed by atoms with Crippen LogP contribution in [0.2, 0.25) is 0 Å². The van der Waals surface area contributed by atoms with Crippen molar-refractivity contribution < 1.29 is 19.1 Å². The van der Waals surface area contributed by atoms with Gasteiger partial charge in [-0.1, -0.05) is 52.4 Å². The second kappa shape index (κ2) is 14.7. The number of carbonyl (C=O) groups is 2. The summed E-state index contributed by atoms with van der Waals surface area (Å²) < 4.78 is 11.1. The van der Waals surface area contributed by atoms with Gasteiger partial charge in [0.1, 0.15) is 11.5 Å². The van der Waals surface area contributed by atoms with Gasteiger partial charge in [-0.3, -0.25) is 4.79 Å². The molecule has 0 saturated heterocycles. The highest BCUT2D eigenvalue weighted by Crippen LogP contribution is 2.20. The lowest BCUT2D eigenvalue weighted by Gasteiger charge is -2.09. The standard InChI is InChI=1S/C27H35ClO4/c1-3-5-7-9-19-31-24-15-13-22(14-16-24)27(30)32-25-17-11-21(12-18-25)26(29)20-23(28)10-8-6-4-2/h11-18,23H,3-10,19-20H2,1-2H3. The van der Waals surface area contributed by atoms with Gasteiger partial charge in [0.2, 0.25) is 0 Å².